The third-order valence-electron chi connectivity index (χ3n) is 5.28. The van der Waals surface area contributed by atoms with E-state index in [-0.39, 0.29) is 29.7 Å². The van der Waals surface area contributed by atoms with Crippen LogP contribution in [-0.4, -0.2) is 49.7 Å². The third-order valence-corrected chi connectivity index (χ3v) is 5.28. The fourth-order valence-electron chi connectivity index (χ4n) is 3.87. The predicted octanol–water partition coefficient (Wildman–Crippen LogP) is 1.83. The first kappa shape index (κ1) is 18.3. The lowest BCUT2D eigenvalue weighted by molar-refractivity contribution is -0.126. The number of amides is 1. The number of hydrogen-bond donors (Lipinski definition) is 2. The fraction of sp³-hybridized carbons (Fsp3) is 0.632. The van der Waals surface area contributed by atoms with Crippen molar-refractivity contribution in [3.05, 3.63) is 35.6 Å². The number of carbonyl (C=O) groups is 1. The van der Waals surface area contributed by atoms with Crippen LogP contribution in [0, 0.1) is 11.7 Å². The van der Waals surface area contributed by atoms with Crippen LogP contribution >= 0.6 is 0 Å². The van der Waals surface area contributed by atoms with E-state index in [0.29, 0.717) is 19.8 Å². The minimum Gasteiger partial charge on any atom is -0.379 e. The van der Waals surface area contributed by atoms with Crippen molar-refractivity contribution in [1.82, 2.24) is 10.2 Å². The van der Waals surface area contributed by atoms with Crippen molar-refractivity contribution in [2.24, 2.45) is 11.7 Å². The normalized spacial score (nSPS) is 26.2. The topological polar surface area (TPSA) is 67.6 Å². The van der Waals surface area contributed by atoms with E-state index in [1.807, 2.05) is 6.07 Å². The van der Waals surface area contributed by atoms with Gasteiger partial charge in [-0.2, -0.15) is 0 Å². The van der Waals surface area contributed by atoms with E-state index < -0.39 is 0 Å². The maximum Gasteiger partial charge on any atom is 0.223 e. The molecule has 1 saturated carbocycles. The Kier molecular flexibility index (Phi) is 6.39. The molecule has 1 aromatic rings. The average molecular weight is 349 g/mol. The fourth-order valence-corrected chi connectivity index (χ4v) is 3.87. The number of ether oxygens (including phenoxy) is 1. The molecule has 0 bridgehead atoms. The second kappa shape index (κ2) is 8.74. The molecule has 25 heavy (non-hydrogen) atoms. The number of hydrogen-bond acceptors (Lipinski definition) is 4. The molecule has 0 radical (unpaired) electrons. The Morgan fingerprint density at radius 3 is 2.88 bits per heavy atom. The van der Waals surface area contributed by atoms with Crippen LogP contribution in [0.15, 0.2) is 24.3 Å². The Bertz CT molecular complexity index is 578. The van der Waals surface area contributed by atoms with Gasteiger partial charge in [-0.05, 0) is 37.0 Å². The monoisotopic (exact) mass is 349 g/mol. The van der Waals surface area contributed by atoms with Crippen LogP contribution in [-0.2, 0) is 9.53 Å². The first-order chi connectivity index (χ1) is 12.1. The summed E-state index contributed by atoms with van der Waals surface area (Å²) in [7, 11) is 0. The van der Waals surface area contributed by atoms with E-state index in [1.165, 1.54) is 6.07 Å². The van der Waals surface area contributed by atoms with Crippen LogP contribution < -0.4 is 11.1 Å². The van der Waals surface area contributed by atoms with Gasteiger partial charge in [-0.15, -0.1) is 0 Å². The van der Waals surface area contributed by atoms with E-state index >= 15 is 0 Å². The van der Waals surface area contributed by atoms with Crippen LogP contribution in [0.5, 0.6) is 0 Å². The molecule has 1 aliphatic heterocycles. The van der Waals surface area contributed by atoms with Gasteiger partial charge in [0.25, 0.3) is 0 Å². The number of rotatable bonds is 5. The smallest absolute Gasteiger partial charge is 0.223 e. The van der Waals surface area contributed by atoms with Crippen molar-refractivity contribution >= 4 is 5.91 Å². The molecule has 0 spiro atoms. The lowest BCUT2D eigenvalue weighted by atomic mass is 9.85. The van der Waals surface area contributed by atoms with Crippen molar-refractivity contribution in [3.8, 4) is 0 Å². The molecule has 3 atom stereocenters. The van der Waals surface area contributed by atoms with E-state index in [4.69, 9.17) is 10.5 Å². The largest absolute Gasteiger partial charge is 0.379 e. The summed E-state index contributed by atoms with van der Waals surface area (Å²) >= 11 is 0. The Hall–Kier alpha value is -1.50. The highest BCUT2D eigenvalue weighted by Crippen LogP contribution is 2.25. The predicted molar refractivity (Wildman–Crippen MR) is 94.5 cm³/mol. The molecular weight excluding hydrogens is 321 g/mol. The van der Waals surface area contributed by atoms with E-state index in [2.05, 4.69) is 10.2 Å². The molecule has 1 aliphatic carbocycles. The second-order valence-electron chi connectivity index (χ2n) is 7.09. The Labute approximate surface area is 148 Å². The number of nitrogens with one attached hydrogen (secondary N) is 1. The lowest BCUT2D eigenvalue weighted by Gasteiger charge is -2.35. The van der Waals surface area contributed by atoms with Gasteiger partial charge < -0.3 is 15.8 Å². The zero-order valence-electron chi connectivity index (χ0n) is 14.6. The summed E-state index contributed by atoms with van der Waals surface area (Å²) in [5.74, 6) is -0.174. The summed E-state index contributed by atoms with van der Waals surface area (Å²) in [6, 6.07) is 6.74. The number of halogens is 1. The second-order valence-corrected chi connectivity index (χ2v) is 7.09. The molecule has 6 heteroatoms. The maximum absolute atomic E-state index is 13.7. The van der Waals surface area contributed by atoms with Gasteiger partial charge in [0.1, 0.15) is 5.82 Å². The van der Waals surface area contributed by atoms with Gasteiger partial charge in [0.2, 0.25) is 5.91 Å². The number of nitrogens with zero attached hydrogens (tertiary/aromatic N) is 1. The molecule has 1 saturated heterocycles. The van der Waals surface area contributed by atoms with Crippen molar-refractivity contribution in [1.29, 1.82) is 0 Å². The SMILES string of the molecule is NC1CCCC(C(=O)NCC(c2cccc(F)c2)N2CCOCC2)C1. The molecule has 3 rings (SSSR count). The summed E-state index contributed by atoms with van der Waals surface area (Å²) < 4.78 is 19.1. The van der Waals surface area contributed by atoms with Gasteiger partial charge in [-0.1, -0.05) is 18.6 Å². The number of carbonyl (C=O) groups excluding carboxylic acids is 1. The van der Waals surface area contributed by atoms with Gasteiger partial charge in [-0.25, -0.2) is 4.39 Å². The molecule has 138 valence electrons. The van der Waals surface area contributed by atoms with Crippen molar-refractivity contribution in [2.45, 2.75) is 37.8 Å². The Morgan fingerprint density at radius 1 is 1.36 bits per heavy atom. The molecule has 2 fully saturated rings. The molecular formula is C19H28FN3O2. The number of morpholine rings is 1. The third kappa shape index (κ3) is 5.00. The van der Waals surface area contributed by atoms with Crippen LogP contribution in [0.1, 0.15) is 37.3 Å². The lowest BCUT2D eigenvalue weighted by Crippen LogP contribution is -2.45. The maximum atomic E-state index is 13.7. The highest BCUT2D eigenvalue weighted by Gasteiger charge is 2.28. The van der Waals surface area contributed by atoms with Gasteiger partial charge in [-0.3, -0.25) is 9.69 Å². The Morgan fingerprint density at radius 2 is 2.16 bits per heavy atom. The zero-order valence-corrected chi connectivity index (χ0v) is 14.6. The van der Waals surface area contributed by atoms with Gasteiger partial charge >= 0.3 is 0 Å². The number of benzene rings is 1. The van der Waals surface area contributed by atoms with Crippen molar-refractivity contribution in [3.63, 3.8) is 0 Å². The summed E-state index contributed by atoms with van der Waals surface area (Å²) in [5, 5.41) is 3.09. The molecule has 1 aromatic carbocycles. The van der Waals surface area contributed by atoms with Gasteiger partial charge in [0, 0.05) is 31.6 Å². The molecule has 2 aliphatic rings. The minimum absolute atomic E-state index is 0.00148. The Balaban J connectivity index is 1.66. The van der Waals surface area contributed by atoms with Gasteiger partial charge in [0.05, 0.1) is 19.3 Å². The average Bonchev–Trinajstić information content (AvgIpc) is 2.63. The highest BCUT2D eigenvalue weighted by molar-refractivity contribution is 5.78. The molecule has 3 N–H and O–H groups in total. The van der Waals surface area contributed by atoms with Gasteiger partial charge in [0.15, 0.2) is 0 Å². The molecule has 1 heterocycles. The first-order valence-corrected chi connectivity index (χ1v) is 9.24. The van der Waals surface area contributed by atoms with Crippen molar-refractivity contribution < 1.29 is 13.9 Å². The number of nitrogens with two attached hydrogens (primary N) is 1. The van der Waals surface area contributed by atoms with E-state index in [9.17, 15) is 9.18 Å². The zero-order chi connectivity index (χ0) is 17.6. The van der Waals surface area contributed by atoms with E-state index in [1.54, 1.807) is 12.1 Å². The molecule has 1 amide bonds. The quantitative estimate of drug-likeness (QED) is 0.851. The first-order valence-electron chi connectivity index (χ1n) is 9.24. The molecule has 0 aromatic heterocycles. The van der Waals surface area contributed by atoms with Crippen LogP contribution in [0.4, 0.5) is 4.39 Å². The van der Waals surface area contributed by atoms with Crippen molar-refractivity contribution in [2.75, 3.05) is 32.8 Å². The van der Waals surface area contributed by atoms with Crippen LogP contribution in [0.2, 0.25) is 0 Å². The summed E-state index contributed by atoms with van der Waals surface area (Å²) in [6.45, 7) is 3.37. The summed E-state index contributed by atoms with van der Waals surface area (Å²) in [4.78, 5) is 14.8. The van der Waals surface area contributed by atoms with E-state index in [0.717, 1.165) is 44.3 Å². The highest BCUT2D eigenvalue weighted by atomic mass is 19.1. The molecule has 3 unspecified atom stereocenters. The summed E-state index contributed by atoms with van der Waals surface area (Å²) in [6.07, 6.45) is 3.68. The molecule has 5 nitrogen and oxygen atoms in total. The summed E-state index contributed by atoms with van der Waals surface area (Å²) in [5.41, 5.74) is 6.89. The minimum atomic E-state index is -0.250. The van der Waals surface area contributed by atoms with Crippen LogP contribution in [0.25, 0.3) is 0 Å². The standard InChI is InChI=1S/C19H28FN3O2/c20-16-5-1-3-14(11-16)18(23-7-9-25-10-8-23)13-22-19(24)15-4-2-6-17(21)12-15/h1,3,5,11,15,17-18H,2,4,6-10,12-13,21H2,(H,22,24). The van der Waals surface area contributed by atoms with Crippen LogP contribution in [0.3, 0.4) is 0 Å².